The Labute approximate surface area is 197 Å². The Balaban J connectivity index is 1.56. The van der Waals surface area contributed by atoms with Gasteiger partial charge in [-0.05, 0) is 45.8 Å². The first-order chi connectivity index (χ1) is 15.4. The van der Waals surface area contributed by atoms with Crippen molar-refractivity contribution in [3.05, 3.63) is 69.3 Å². The zero-order valence-corrected chi connectivity index (χ0v) is 19.7. The lowest BCUT2D eigenvalue weighted by Gasteiger charge is -2.09. The average molecular weight is 518 g/mol. The second-order valence-corrected chi connectivity index (χ2v) is 8.92. The number of methoxy groups -OCH3 is 1. The Morgan fingerprint density at radius 2 is 1.84 bits per heavy atom. The Morgan fingerprint density at radius 3 is 2.53 bits per heavy atom. The van der Waals surface area contributed by atoms with Gasteiger partial charge in [0.1, 0.15) is 22.2 Å². The molecule has 3 aromatic rings. The van der Waals surface area contributed by atoms with E-state index >= 15 is 0 Å². The number of aromatic nitrogens is 1. The van der Waals surface area contributed by atoms with E-state index in [0.717, 1.165) is 5.56 Å². The van der Waals surface area contributed by atoms with E-state index < -0.39 is 12.0 Å². The standard InChI is InChI=1S/C22H20BrN3O5S/c1-3-18(27)17-10-15(8-9-24-17)31-14-6-4-13(5-7-14)12-25-22(29)26-20-16(21(28)30-2)11-19(23)32-20/h4-11H,3,12H2,1-2H3,(H2,25,26,29). The molecule has 0 saturated carbocycles. The number of carbonyl (C=O) groups is 3. The third-order valence-electron chi connectivity index (χ3n) is 4.28. The van der Waals surface area contributed by atoms with E-state index in [2.05, 4.69) is 31.5 Å². The Morgan fingerprint density at radius 1 is 1.09 bits per heavy atom. The molecule has 2 heterocycles. The molecule has 0 radical (unpaired) electrons. The summed E-state index contributed by atoms with van der Waals surface area (Å²) in [6.45, 7) is 2.05. The zero-order chi connectivity index (χ0) is 23.1. The minimum absolute atomic E-state index is 0.0521. The first-order valence-electron chi connectivity index (χ1n) is 9.58. The Kier molecular flexibility index (Phi) is 7.96. The molecule has 1 aromatic carbocycles. The quantitative estimate of drug-likeness (QED) is 0.306. The molecule has 2 aromatic heterocycles. The molecule has 0 spiro atoms. The maximum absolute atomic E-state index is 12.2. The minimum atomic E-state index is -0.529. The number of ketones is 1. The van der Waals surface area contributed by atoms with Gasteiger partial charge in [0.05, 0.1) is 16.5 Å². The number of benzene rings is 1. The van der Waals surface area contributed by atoms with Crippen molar-refractivity contribution in [3.63, 3.8) is 0 Å². The van der Waals surface area contributed by atoms with Crippen LogP contribution in [0.5, 0.6) is 11.5 Å². The fraction of sp³-hybridized carbons (Fsp3) is 0.182. The van der Waals surface area contributed by atoms with E-state index in [1.165, 1.54) is 24.6 Å². The molecule has 0 aliphatic carbocycles. The highest BCUT2D eigenvalue weighted by Gasteiger charge is 2.17. The number of ether oxygens (including phenoxy) is 2. The molecule has 0 saturated heterocycles. The molecule has 8 nitrogen and oxygen atoms in total. The number of anilines is 1. The van der Waals surface area contributed by atoms with Crippen LogP contribution >= 0.6 is 27.3 Å². The minimum Gasteiger partial charge on any atom is -0.465 e. The lowest BCUT2D eigenvalue weighted by atomic mass is 10.2. The topological polar surface area (TPSA) is 107 Å². The summed E-state index contributed by atoms with van der Waals surface area (Å²) in [5.41, 5.74) is 1.50. The number of hydrogen-bond donors (Lipinski definition) is 2. The highest BCUT2D eigenvalue weighted by atomic mass is 79.9. The Hall–Kier alpha value is -3.24. The summed E-state index contributed by atoms with van der Waals surface area (Å²) in [7, 11) is 1.28. The van der Waals surface area contributed by atoms with Crippen LogP contribution < -0.4 is 15.4 Å². The summed E-state index contributed by atoms with van der Waals surface area (Å²) < 4.78 is 11.2. The molecule has 0 aliphatic rings. The largest absolute Gasteiger partial charge is 0.465 e. The van der Waals surface area contributed by atoms with E-state index in [1.807, 2.05) is 12.1 Å². The van der Waals surface area contributed by atoms with Crippen LogP contribution in [0.1, 0.15) is 39.8 Å². The molecule has 2 amide bonds. The van der Waals surface area contributed by atoms with E-state index in [0.29, 0.717) is 32.4 Å². The van der Waals surface area contributed by atoms with Gasteiger partial charge in [0.2, 0.25) is 0 Å². The monoisotopic (exact) mass is 517 g/mol. The van der Waals surface area contributed by atoms with Crippen LogP contribution in [-0.4, -0.2) is 29.9 Å². The molecule has 166 valence electrons. The molecule has 0 unspecified atom stereocenters. The first kappa shape index (κ1) is 23.4. The van der Waals surface area contributed by atoms with Crippen molar-refractivity contribution in [1.29, 1.82) is 0 Å². The van der Waals surface area contributed by atoms with Gasteiger partial charge in [-0.25, -0.2) is 9.59 Å². The van der Waals surface area contributed by atoms with Crippen LogP contribution in [0.4, 0.5) is 9.80 Å². The number of thiophene rings is 1. The van der Waals surface area contributed by atoms with Crippen LogP contribution in [0, 0.1) is 0 Å². The van der Waals surface area contributed by atoms with Gasteiger partial charge in [-0.2, -0.15) is 0 Å². The number of hydrogen-bond acceptors (Lipinski definition) is 7. The van der Waals surface area contributed by atoms with Crippen LogP contribution in [0.25, 0.3) is 0 Å². The molecule has 0 fully saturated rings. The highest BCUT2D eigenvalue weighted by molar-refractivity contribution is 9.11. The number of esters is 1. The summed E-state index contributed by atoms with van der Waals surface area (Å²) in [6, 6.07) is 11.6. The molecule has 0 aliphatic heterocycles. The van der Waals surface area contributed by atoms with Gasteiger partial charge in [-0.1, -0.05) is 19.1 Å². The maximum atomic E-state index is 12.2. The number of Topliss-reactive ketones (excluding diaryl/α,β-unsaturated/α-hetero) is 1. The molecule has 2 N–H and O–H groups in total. The van der Waals surface area contributed by atoms with Crippen molar-refractivity contribution in [2.45, 2.75) is 19.9 Å². The Bertz CT molecular complexity index is 1130. The molecule has 3 rings (SSSR count). The first-order valence-corrected chi connectivity index (χ1v) is 11.2. The van der Waals surface area contributed by atoms with Crippen LogP contribution in [-0.2, 0) is 11.3 Å². The van der Waals surface area contributed by atoms with E-state index in [4.69, 9.17) is 9.47 Å². The normalized spacial score (nSPS) is 10.3. The number of halogens is 1. The molecule has 32 heavy (non-hydrogen) atoms. The fourth-order valence-corrected chi connectivity index (χ4v) is 4.15. The number of amides is 2. The van der Waals surface area contributed by atoms with Crippen molar-refractivity contribution in [1.82, 2.24) is 10.3 Å². The van der Waals surface area contributed by atoms with E-state index in [-0.39, 0.29) is 17.9 Å². The molecule has 10 heteroatoms. The van der Waals surface area contributed by atoms with Gasteiger partial charge in [-0.15, -0.1) is 11.3 Å². The van der Waals surface area contributed by atoms with Crippen molar-refractivity contribution in [2.24, 2.45) is 0 Å². The van der Waals surface area contributed by atoms with Crippen molar-refractivity contribution in [2.75, 3.05) is 12.4 Å². The smallest absolute Gasteiger partial charge is 0.340 e. The number of pyridine rings is 1. The zero-order valence-electron chi connectivity index (χ0n) is 17.3. The highest BCUT2D eigenvalue weighted by Crippen LogP contribution is 2.32. The average Bonchev–Trinajstić information content (AvgIpc) is 3.17. The SMILES string of the molecule is CCC(=O)c1cc(Oc2ccc(CNC(=O)Nc3sc(Br)cc3C(=O)OC)cc2)ccn1. The lowest BCUT2D eigenvalue weighted by Crippen LogP contribution is -2.28. The summed E-state index contributed by atoms with van der Waals surface area (Å²) >= 11 is 4.51. The van der Waals surface area contributed by atoms with Gasteiger partial charge in [0.15, 0.2) is 5.78 Å². The van der Waals surface area contributed by atoms with Gasteiger partial charge < -0.3 is 14.8 Å². The third-order valence-corrected chi connectivity index (χ3v) is 5.84. The summed E-state index contributed by atoms with van der Waals surface area (Å²) in [5, 5.41) is 5.79. The van der Waals surface area contributed by atoms with Crippen LogP contribution in [0.15, 0.2) is 52.4 Å². The van der Waals surface area contributed by atoms with E-state index in [9.17, 15) is 14.4 Å². The number of rotatable bonds is 8. The molecule has 0 atom stereocenters. The second-order valence-electron chi connectivity index (χ2n) is 6.49. The predicted molar refractivity (Wildman–Crippen MR) is 125 cm³/mol. The summed E-state index contributed by atoms with van der Waals surface area (Å²) in [6.07, 6.45) is 1.91. The van der Waals surface area contributed by atoms with Crippen molar-refractivity contribution >= 4 is 50.1 Å². The molecular weight excluding hydrogens is 498 g/mol. The maximum Gasteiger partial charge on any atom is 0.340 e. The summed E-state index contributed by atoms with van der Waals surface area (Å²) in [5.74, 6) is 0.526. The number of urea groups is 1. The predicted octanol–water partition coefficient (Wildman–Crippen LogP) is 5.40. The fourth-order valence-electron chi connectivity index (χ4n) is 2.66. The second kappa shape index (κ2) is 10.9. The van der Waals surface area contributed by atoms with Gasteiger partial charge in [0, 0.05) is 25.2 Å². The number of nitrogens with one attached hydrogen (secondary N) is 2. The number of carbonyl (C=O) groups excluding carboxylic acids is 3. The van der Waals surface area contributed by atoms with Crippen molar-refractivity contribution in [3.8, 4) is 11.5 Å². The van der Waals surface area contributed by atoms with Gasteiger partial charge in [-0.3, -0.25) is 15.1 Å². The van der Waals surface area contributed by atoms with Crippen LogP contribution in [0.2, 0.25) is 0 Å². The van der Waals surface area contributed by atoms with Crippen molar-refractivity contribution < 1.29 is 23.9 Å². The number of nitrogens with zero attached hydrogens (tertiary/aromatic N) is 1. The van der Waals surface area contributed by atoms with Gasteiger partial charge in [0.25, 0.3) is 0 Å². The lowest BCUT2D eigenvalue weighted by molar-refractivity contribution is 0.0602. The third kappa shape index (κ3) is 6.14. The molecular formula is C22H20BrN3O5S. The van der Waals surface area contributed by atoms with E-state index in [1.54, 1.807) is 37.3 Å². The van der Waals surface area contributed by atoms with Crippen LogP contribution in [0.3, 0.4) is 0 Å². The summed E-state index contributed by atoms with van der Waals surface area (Å²) in [4.78, 5) is 39.9. The van der Waals surface area contributed by atoms with Gasteiger partial charge >= 0.3 is 12.0 Å². The molecule has 0 bridgehead atoms.